The summed E-state index contributed by atoms with van der Waals surface area (Å²) in [7, 11) is 0. The summed E-state index contributed by atoms with van der Waals surface area (Å²) in [5.41, 5.74) is 2.11. The predicted octanol–water partition coefficient (Wildman–Crippen LogP) is 4.15. The molecular weight excluding hydrogens is 212 g/mol. The lowest BCUT2D eigenvalue weighted by Gasteiger charge is -2.37. The van der Waals surface area contributed by atoms with Crippen LogP contribution in [0.5, 0.6) is 0 Å². The van der Waals surface area contributed by atoms with Crippen LogP contribution in [-0.4, -0.2) is 5.33 Å². The Bertz CT molecular complexity index is 179. The van der Waals surface area contributed by atoms with E-state index in [-0.39, 0.29) is 0 Å². The molecule has 0 spiro atoms. The van der Waals surface area contributed by atoms with Gasteiger partial charge in [0.2, 0.25) is 0 Å². The molecule has 0 aliphatic heterocycles. The maximum atomic E-state index is 3.49. The van der Waals surface area contributed by atoms with Gasteiger partial charge in [0.1, 0.15) is 0 Å². The van der Waals surface area contributed by atoms with Crippen LogP contribution in [0.2, 0.25) is 0 Å². The van der Waals surface area contributed by atoms with E-state index < -0.39 is 0 Å². The van der Waals surface area contributed by atoms with E-state index in [2.05, 4.69) is 42.8 Å². The van der Waals surface area contributed by atoms with Gasteiger partial charge in [-0.1, -0.05) is 54.8 Å². The Kier molecular flexibility index (Phi) is 3.39. The van der Waals surface area contributed by atoms with Crippen molar-refractivity contribution < 1.29 is 0 Å². The SMILES string of the molecule is CC1CCCC(C)(C)C1=CCBr. The van der Waals surface area contributed by atoms with Gasteiger partial charge in [0.25, 0.3) is 0 Å². The molecule has 1 heteroatoms. The first-order chi connectivity index (χ1) is 5.58. The van der Waals surface area contributed by atoms with Crippen LogP contribution in [0.3, 0.4) is 0 Å². The number of rotatable bonds is 1. The van der Waals surface area contributed by atoms with Gasteiger partial charge in [0.05, 0.1) is 0 Å². The average molecular weight is 231 g/mol. The van der Waals surface area contributed by atoms with Crippen LogP contribution >= 0.6 is 15.9 Å². The molecule has 1 rings (SSSR count). The van der Waals surface area contributed by atoms with Crippen molar-refractivity contribution >= 4 is 15.9 Å². The monoisotopic (exact) mass is 230 g/mol. The van der Waals surface area contributed by atoms with E-state index in [1.54, 1.807) is 5.57 Å². The normalized spacial score (nSPS) is 32.3. The van der Waals surface area contributed by atoms with Crippen molar-refractivity contribution in [1.82, 2.24) is 0 Å². The van der Waals surface area contributed by atoms with Crippen molar-refractivity contribution in [3.63, 3.8) is 0 Å². The fourth-order valence-corrected chi connectivity index (χ4v) is 2.73. The highest BCUT2D eigenvalue weighted by atomic mass is 79.9. The van der Waals surface area contributed by atoms with Gasteiger partial charge in [-0.05, 0) is 24.2 Å². The maximum Gasteiger partial charge on any atom is 0.0215 e. The summed E-state index contributed by atoms with van der Waals surface area (Å²) in [6, 6.07) is 0. The molecule has 1 atom stereocenters. The van der Waals surface area contributed by atoms with Crippen molar-refractivity contribution in [3.05, 3.63) is 11.6 Å². The molecular formula is C11H19Br. The van der Waals surface area contributed by atoms with Gasteiger partial charge in [-0.3, -0.25) is 0 Å². The molecule has 0 heterocycles. The maximum absolute atomic E-state index is 3.49. The number of halogens is 1. The molecule has 0 N–H and O–H groups in total. The third-order valence-electron chi connectivity index (χ3n) is 3.05. The largest absolute Gasteiger partial charge is 0.0883 e. The zero-order chi connectivity index (χ0) is 9.19. The molecule has 0 amide bonds. The Hall–Kier alpha value is 0.220. The topological polar surface area (TPSA) is 0 Å². The number of hydrogen-bond donors (Lipinski definition) is 0. The van der Waals surface area contributed by atoms with Gasteiger partial charge in [-0.2, -0.15) is 0 Å². The van der Waals surface area contributed by atoms with Crippen LogP contribution in [0.25, 0.3) is 0 Å². The van der Waals surface area contributed by atoms with Crippen LogP contribution in [0, 0.1) is 11.3 Å². The van der Waals surface area contributed by atoms with E-state index >= 15 is 0 Å². The van der Waals surface area contributed by atoms with Gasteiger partial charge < -0.3 is 0 Å². The van der Waals surface area contributed by atoms with Crippen LogP contribution < -0.4 is 0 Å². The summed E-state index contributed by atoms with van der Waals surface area (Å²) in [6.45, 7) is 7.10. The van der Waals surface area contributed by atoms with Gasteiger partial charge in [0, 0.05) is 5.33 Å². The summed E-state index contributed by atoms with van der Waals surface area (Å²) >= 11 is 3.49. The fourth-order valence-electron chi connectivity index (χ4n) is 2.38. The Morgan fingerprint density at radius 1 is 1.58 bits per heavy atom. The van der Waals surface area contributed by atoms with E-state index in [4.69, 9.17) is 0 Å². The minimum absolute atomic E-state index is 0.450. The van der Waals surface area contributed by atoms with Crippen molar-refractivity contribution in [2.24, 2.45) is 11.3 Å². The summed E-state index contributed by atoms with van der Waals surface area (Å²) in [5.74, 6) is 0.797. The number of hydrogen-bond acceptors (Lipinski definition) is 0. The molecule has 70 valence electrons. The highest BCUT2D eigenvalue weighted by Crippen LogP contribution is 2.43. The zero-order valence-corrected chi connectivity index (χ0v) is 9.95. The molecule has 1 unspecified atom stereocenters. The molecule has 1 aliphatic carbocycles. The van der Waals surface area contributed by atoms with E-state index in [1.807, 2.05) is 0 Å². The quantitative estimate of drug-likeness (QED) is 0.469. The van der Waals surface area contributed by atoms with Crippen molar-refractivity contribution in [1.29, 1.82) is 0 Å². The molecule has 0 saturated heterocycles. The Morgan fingerprint density at radius 3 is 2.75 bits per heavy atom. The second kappa shape index (κ2) is 3.95. The molecule has 1 saturated carbocycles. The summed E-state index contributed by atoms with van der Waals surface area (Å²) in [6.07, 6.45) is 6.50. The van der Waals surface area contributed by atoms with Gasteiger partial charge in [-0.25, -0.2) is 0 Å². The second-order valence-electron chi connectivity index (χ2n) is 4.49. The van der Waals surface area contributed by atoms with Crippen molar-refractivity contribution in [2.45, 2.75) is 40.0 Å². The lowest BCUT2D eigenvalue weighted by molar-refractivity contribution is 0.289. The smallest absolute Gasteiger partial charge is 0.0215 e. The predicted molar refractivity (Wildman–Crippen MR) is 58.7 cm³/mol. The Morgan fingerprint density at radius 2 is 2.25 bits per heavy atom. The van der Waals surface area contributed by atoms with Gasteiger partial charge >= 0.3 is 0 Å². The third kappa shape index (κ3) is 2.12. The van der Waals surface area contributed by atoms with Crippen LogP contribution in [0.1, 0.15) is 40.0 Å². The standard InChI is InChI=1S/C11H19Br/c1-9-5-4-7-11(2,3)10(9)6-8-12/h6,9H,4-5,7-8H2,1-3H3. The molecule has 0 radical (unpaired) electrons. The Balaban J connectivity index is 2.81. The highest BCUT2D eigenvalue weighted by molar-refractivity contribution is 9.09. The Labute approximate surface area is 84.6 Å². The summed E-state index contributed by atoms with van der Waals surface area (Å²) in [4.78, 5) is 0. The molecule has 0 aromatic rings. The zero-order valence-electron chi connectivity index (χ0n) is 8.36. The minimum Gasteiger partial charge on any atom is -0.0883 e. The first-order valence-electron chi connectivity index (χ1n) is 4.84. The first-order valence-corrected chi connectivity index (χ1v) is 5.96. The molecule has 1 fully saturated rings. The molecule has 12 heavy (non-hydrogen) atoms. The second-order valence-corrected chi connectivity index (χ2v) is 5.14. The molecule has 0 aromatic carbocycles. The molecule has 0 nitrogen and oxygen atoms in total. The molecule has 1 aliphatic rings. The van der Waals surface area contributed by atoms with Gasteiger partial charge in [0.15, 0.2) is 0 Å². The third-order valence-corrected chi connectivity index (χ3v) is 3.37. The van der Waals surface area contributed by atoms with Crippen LogP contribution in [0.4, 0.5) is 0 Å². The first kappa shape index (κ1) is 10.3. The van der Waals surface area contributed by atoms with Gasteiger partial charge in [-0.15, -0.1) is 0 Å². The minimum atomic E-state index is 0.450. The van der Waals surface area contributed by atoms with E-state index in [9.17, 15) is 0 Å². The lowest BCUT2D eigenvalue weighted by atomic mass is 9.68. The van der Waals surface area contributed by atoms with E-state index in [0.717, 1.165) is 11.2 Å². The number of allylic oxidation sites excluding steroid dienone is 2. The fraction of sp³-hybridized carbons (Fsp3) is 0.818. The van der Waals surface area contributed by atoms with E-state index in [0.29, 0.717) is 5.41 Å². The highest BCUT2D eigenvalue weighted by Gasteiger charge is 2.30. The van der Waals surface area contributed by atoms with Crippen molar-refractivity contribution in [2.75, 3.05) is 5.33 Å². The van der Waals surface area contributed by atoms with Crippen LogP contribution in [-0.2, 0) is 0 Å². The number of alkyl halides is 1. The van der Waals surface area contributed by atoms with Crippen LogP contribution in [0.15, 0.2) is 11.6 Å². The van der Waals surface area contributed by atoms with Crippen molar-refractivity contribution in [3.8, 4) is 0 Å². The molecule has 0 bridgehead atoms. The average Bonchev–Trinajstić information content (AvgIpc) is 1.97. The summed E-state index contributed by atoms with van der Waals surface area (Å²) < 4.78 is 0. The lowest BCUT2D eigenvalue weighted by Crippen LogP contribution is -2.25. The molecule has 0 aromatic heterocycles. The summed E-state index contributed by atoms with van der Waals surface area (Å²) in [5, 5.41) is 1.01. The van der Waals surface area contributed by atoms with E-state index in [1.165, 1.54) is 19.3 Å².